The summed E-state index contributed by atoms with van der Waals surface area (Å²) >= 11 is 0. The van der Waals surface area contributed by atoms with Gasteiger partial charge < -0.3 is 14.9 Å². The molecule has 132 valence electrons. The van der Waals surface area contributed by atoms with Crippen molar-refractivity contribution in [2.45, 2.75) is 25.7 Å². The molecule has 0 spiro atoms. The fourth-order valence-electron chi connectivity index (χ4n) is 3.24. The van der Waals surface area contributed by atoms with Crippen molar-refractivity contribution in [3.05, 3.63) is 0 Å². The van der Waals surface area contributed by atoms with Gasteiger partial charge in [-0.2, -0.15) is 0 Å². The van der Waals surface area contributed by atoms with Gasteiger partial charge in [0.15, 0.2) is 0 Å². The maximum atomic E-state index is 12.7. The summed E-state index contributed by atoms with van der Waals surface area (Å²) in [4.78, 5) is 26.8. The lowest BCUT2D eigenvalue weighted by molar-refractivity contribution is -0.137. The normalized spacial score (nSPS) is 24.8. The highest BCUT2D eigenvalue weighted by Gasteiger charge is 2.32. The van der Waals surface area contributed by atoms with Crippen LogP contribution in [0.15, 0.2) is 0 Å². The number of carbonyl (C=O) groups excluding carboxylic acids is 1. The number of hydrogen-bond acceptors (Lipinski definition) is 4. The van der Waals surface area contributed by atoms with Crippen LogP contribution in [0.3, 0.4) is 0 Å². The Balaban J connectivity index is 1.93. The van der Waals surface area contributed by atoms with E-state index in [1.165, 1.54) is 15.5 Å². The molecule has 23 heavy (non-hydrogen) atoms. The number of rotatable bonds is 2. The molecule has 2 amide bonds. The summed E-state index contributed by atoms with van der Waals surface area (Å²) in [6.07, 6.45) is 2.89. The summed E-state index contributed by atoms with van der Waals surface area (Å²) in [5.74, 6) is -0.282. The van der Waals surface area contributed by atoms with Gasteiger partial charge >= 0.3 is 6.09 Å². The van der Waals surface area contributed by atoms with Crippen molar-refractivity contribution in [2.24, 2.45) is 5.92 Å². The molecule has 1 atom stereocenters. The molecule has 0 saturated carbocycles. The van der Waals surface area contributed by atoms with Crippen molar-refractivity contribution in [2.75, 3.05) is 45.5 Å². The minimum absolute atomic E-state index is 0.00197. The second-order valence-electron chi connectivity index (χ2n) is 6.26. The number of amides is 2. The van der Waals surface area contributed by atoms with Crippen LogP contribution in [0, 0.1) is 5.92 Å². The van der Waals surface area contributed by atoms with E-state index in [9.17, 15) is 18.0 Å². The molecule has 1 N–H and O–H groups in total. The fraction of sp³-hybridized carbons (Fsp3) is 0.857. The van der Waals surface area contributed by atoms with Crippen molar-refractivity contribution in [3.8, 4) is 0 Å². The quantitative estimate of drug-likeness (QED) is 0.773. The monoisotopic (exact) mass is 347 g/mol. The molecule has 0 aliphatic carbocycles. The molecule has 2 aliphatic heterocycles. The van der Waals surface area contributed by atoms with E-state index in [-0.39, 0.29) is 18.4 Å². The Kier molecular flexibility index (Phi) is 5.85. The highest BCUT2D eigenvalue weighted by Crippen LogP contribution is 2.21. The zero-order chi connectivity index (χ0) is 17.0. The van der Waals surface area contributed by atoms with Gasteiger partial charge in [0.25, 0.3) is 0 Å². The third kappa shape index (κ3) is 4.81. The van der Waals surface area contributed by atoms with E-state index < -0.39 is 16.1 Å². The van der Waals surface area contributed by atoms with E-state index in [0.717, 1.165) is 0 Å². The lowest BCUT2D eigenvalue weighted by atomic mass is 9.97. The van der Waals surface area contributed by atoms with E-state index in [0.29, 0.717) is 58.4 Å². The minimum Gasteiger partial charge on any atom is -0.465 e. The lowest BCUT2D eigenvalue weighted by Crippen LogP contribution is -2.48. The van der Waals surface area contributed by atoms with E-state index in [1.807, 2.05) is 0 Å². The van der Waals surface area contributed by atoms with Crippen LogP contribution in [0.1, 0.15) is 25.7 Å². The molecule has 2 rings (SSSR count). The van der Waals surface area contributed by atoms with Gasteiger partial charge in [-0.3, -0.25) is 4.79 Å². The Morgan fingerprint density at radius 1 is 0.957 bits per heavy atom. The summed E-state index contributed by atoms with van der Waals surface area (Å²) in [6, 6.07) is 0. The van der Waals surface area contributed by atoms with Gasteiger partial charge in [-0.15, -0.1) is 0 Å². The average molecular weight is 347 g/mol. The van der Waals surface area contributed by atoms with Gasteiger partial charge in [0.1, 0.15) is 0 Å². The maximum absolute atomic E-state index is 12.7. The number of nitrogens with zero attached hydrogens (tertiary/aromatic N) is 3. The van der Waals surface area contributed by atoms with Crippen LogP contribution < -0.4 is 0 Å². The molecule has 2 fully saturated rings. The smallest absolute Gasteiger partial charge is 0.407 e. The van der Waals surface area contributed by atoms with Crippen LogP contribution in [0.2, 0.25) is 0 Å². The predicted octanol–water partition coefficient (Wildman–Crippen LogP) is 0.260. The van der Waals surface area contributed by atoms with Gasteiger partial charge in [-0.05, 0) is 25.7 Å². The van der Waals surface area contributed by atoms with Crippen LogP contribution in [0.5, 0.6) is 0 Å². The van der Waals surface area contributed by atoms with Crippen molar-refractivity contribution >= 4 is 22.0 Å². The van der Waals surface area contributed by atoms with Crippen molar-refractivity contribution in [1.29, 1.82) is 0 Å². The maximum Gasteiger partial charge on any atom is 0.407 e. The van der Waals surface area contributed by atoms with Gasteiger partial charge in [0.2, 0.25) is 15.9 Å². The Bertz CT molecular complexity index is 541. The third-order valence-electron chi connectivity index (χ3n) is 4.50. The highest BCUT2D eigenvalue weighted by molar-refractivity contribution is 7.88. The summed E-state index contributed by atoms with van der Waals surface area (Å²) in [7, 11) is -3.26. The van der Waals surface area contributed by atoms with Crippen molar-refractivity contribution < 1.29 is 23.1 Å². The summed E-state index contributed by atoms with van der Waals surface area (Å²) in [5.41, 5.74) is 0. The number of carbonyl (C=O) groups is 2. The molecule has 0 bridgehead atoms. The highest BCUT2D eigenvalue weighted by atomic mass is 32.2. The summed E-state index contributed by atoms with van der Waals surface area (Å²) in [6.45, 7) is 2.65. The predicted molar refractivity (Wildman–Crippen MR) is 84.6 cm³/mol. The molecule has 2 heterocycles. The van der Waals surface area contributed by atoms with Crippen LogP contribution in [0.4, 0.5) is 4.79 Å². The zero-order valence-electron chi connectivity index (χ0n) is 13.5. The molecular formula is C14H25N3O5S. The Labute approximate surface area is 137 Å². The summed E-state index contributed by atoms with van der Waals surface area (Å²) in [5, 5.41) is 9.02. The van der Waals surface area contributed by atoms with Gasteiger partial charge in [-0.25, -0.2) is 17.5 Å². The van der Waals surface area contributed by atoms with Crippen LogP contribution >= 0.6 is 0 Å². The average Bonchev–Trinajstić information content (AvgIpc) is 2.45. The molecule has 2 saturated heterocycles. The first-order chi connectivity index (χ1) is 10.8. The lowest BCUT2D eigenvalue weighted by Gasteiger charge is -2.35. The molecule has 0 aromatic rings. The second-order valence-corrected chi connectivity index (χ2v) is 8.24. The van der Waals surface area contributed by atoms with Gasteiger partial charge in [-0.1, -0.05) is 0 Å². The topological polar surface area (TPSA) is 98.2 Å². The first-order valence-electron chi connectivity index (χ1n) is 8.01. The Morgan fingerprint density at radius 3 is 2.04 bits per heavy atom. The van der Waals surface area contributed by atoms with E-state index in [2.05, 4.69) is 0 Å². The van der Waals surface area contributed by atoms with Crippen molar-refractivity contribution in [3.63, 3.8) is 0 Å². The Hall–Kier alpha value is -1.35. The number of sulfonamides is 1. The third-order valence-corrected chi connectivity index (χ3v) is 5.77. The molecule has 1 unspecified atom stereocenters. The zero-order valence-corrected chi connectivity index (χ0v) is 14.3. The van der Waals surface area contributed by atoms with E-state index in [4.69, 9.17) is 5.11 Å². The fourth-order valence-corrected chi connectivity index (χ4v) is 4.16. The standard InChI is InChI=1S/C14H25N3O5S/c1-23(21,22)17-10-2-5-12(11-17)13(18)15-6-3-8-16(14(19)20)9-4-7-15/h12H,2-11H2,1H3,(H,19,20). The number of carboxylic acid groups (broad SMARTS) is 1. The van der Waals surface area contributed by atoms with Gasteiger partial charge in [0.05, 0.1) is 12.2 Å². The van der Waals surface area contributed by atoms with Gasteiger partial charge in [0, 0.05) is 39.3 Å². The van der Waals surface area contributed by atoms with Crippen LogP contribution in [-0.2, 0) is 14.8 Å². The summed E-state index contributed by atoms with van der Waals surface area (Å²) < 4.78 is 24.7. The molecule has 0 aromatic heterocycles. The number of piperidine rings is 1. The Morgan fingerprint density at radius 2 is 1.52 bits per heavy atom. The molecule has 9 heteroatoms. The van der Waals surface area contributed by atoms with Crippen LogP contribution in [0.25, 0.3) is 0 Å². The SMILES string of the molecule is CS(=O)(=O)N1CCCC(C(=O)N2CCCN(C(=O)O)CCC2)C1. The largest absolute Gasteiger partial charge is 0.465 e. The molecule has 2 aliphatic rings. The van der Waals surface area contributed by atoms with Crippen LogP contribution in [-0.4, -0.2) is 85.2 Å². The first-order valence-corrected chi connectivity index (χ1v) is 9.85. The second kappa shape index (κ2) is 7.48. The van der Waals surface area contributed by atoms with E-state index >= 15 is 0 Å². The molecule has 8 nitrogen and oxygen atoms in total. The molecule has 0 aromatic carbocycles. The minimum atomic E-state index is -3.26. The molecular weight excluding hydrogens is 322 g/mol. The number of hydrogen-bond donors (Lipinski definition) is 1. The van der Waals surface area contributed by atoms with E-state index in [1.54, 1.807) is 4.90 Å². The first kappa shape index (κ1) is 18.0. The van der Waals surface area contributed by atoms with Crippen molar-refractivity contribution in [1.82, 2.24) is 14.1 Å². The molecule has 0 radical (unpaired) electrons.